The fraction of sp³-hybridized carbons (Fsp3) is 0.280. The Balaban J connectivity index is 1.67. The predicted molar refractivity (Wildman–Crippen MR) is 125 cm³/mol. The molecule has 0 amide bonds. The molecule has 2 atom stereocenters. The third kappa shape index (κ3) is 5.95. The van der Waals surface area contributed by atoms with E-state index < -0.39 is 47.8 Å². The Kier molecular flexibility index (Phi) is 7.77. The molecule has 0 bridgehead atoms. The van der Waals surface area contributed by atoms with Gasteiger partial charge in [0.25, 0.3) is 5.56 Å². The number of hydrogen-bond donors (Lipinski definition) is 1. The van der Waals surface area contributed by atoms with Gasteiger partial charge in [-0.2, -0.15) is 19.0 Å². The molecule has 4 rings (SSSR count). The van der Waals surface area contributed by atoms with Gasteiger partial charge in [0.15, 0.2) is 6.61 Å². The fourth-order valence-electron chi connectivity index (χ4n) is 3.87. The number of benzene rings is 2. The van der Waals surface area contributed by atoms with E-state index in [1.807, 2.05) is 0 Å². The topological polar surface area (TPSA) is 95.1 Å². The van der Waals surface area contributed by atoms with Gasteiger partial charge in [-0.3, -0.25) is 4.79 Å². The molecule has 0 unspecified atom stereocenters. The van der Waals surface area contributed by atoms with E-state index in [2.05, 4.69) is 15.2 Å². The van der Waals surface area contributed by atoms with Crippen molar-refractivity contribution in [2.24, 2.45) is 0 Å². The van der Waals surface area contributed by atoms with E-state index in [9.17, 15) is 36.2 Å². The number of rotatable bonds is 10. The maximum absolute atomic E-state index is 14.9. The molecule has 0 saturated heterocycles. The minimum Gasteiger partial charge on any atom is -0.487 e. The number of halogens is 6. The lowest BCUT2D eigenvalue weighted by molar-refractivity contribution is -0.148. The van der Waals surface area contributed by atoms with Crippen LogP contribution < -0.4 is 10.3 Å². The first-order chi connectivity index (χ1) is 18.4. The first-order valence-electron chi connectivity index (χ1n) is 11.4. The Morgan fingerprint density at radius 2 is 1.77 bits per heavy atom. The molecule has 0 aliphatic carbocycles. The molecule has 0 aliphatic heterocycles. The van der Waals surface area contributed by atoms with Crippen molar-refractivity contribution in [2.45, 2.75) is 37.5 Å². The number of hydrogen-bond acceptors (Lipinski definition) is 6. The lowest BCUT2D eigenvalue weighted by atomic mass is 9.86. The number of alkyl halides is 4. The average Bonchev–Trinajstić information content (AvgIpc) is 3.40. The number of nitrogens with zero attached hydrogens (tertiary/aromatic N) is 5. The van der Waals surface area contributed by atoms with Gasteiger partial charge >= 0.3 is 12.3 Å². The first-order valence-corrected chi connectivity index (χ1v) is 11.4. The quantitative estimate of drug-likeness (QED) is 0.296. The molecular weight excluding hydrogens is 532 g/mol. The van der Waals surface area contributed by atoms with Gasteiger partial charge in [-0.15, -0.1) is 0 Å². The van der Waals surface area contributed by atoms with Gasteiger partial charge in [-0.25, -0.2) is 31.9 Å². The molecule has 0 spiro atoms. The SMILES string of the molecule is C[C@@H](n1nc(-c2ccc(OCC(F)(F)C(F)F)cc2)ccc1=O)[C@](O)(Cn1cncn1)c1ccc(F)cc1F. The molecule has 0 fully saturated rings. The molecular formula is C25H21F6N5O3. The molecule has 1 N–H and O–H groups in total. The van der Waals surface area contributed by atoms with Crippen molar-refractivity contribution in [1.82, 2.24) is 24.5 Å². The molecule has 0 saturated carbocycles. The van der Waals surface area contributed by atoms with Crippen LogP contribution in [0.5, 0.6) is 5.75 Å². The monoisotopic (exact) mass is 553 g/mol. The molecule has 14 heteroatoms. The largest absolute Gasteiger partial charge is 0.487 e. The molecule has 39 heavy (non-hydrogen) atoms. The van der Waals surface area contributed by atoms with Crippen LogP contribution in [0.25, 0.3) is 11.3 Å². The lowest BCUT2D eigenvalue weighted by Gasteiger charge is -2.35. The average molecular weight is 553 g/mol. The van der Waals surface area contributed by atoms with E-state index in [4.69, 9.17) is 4.74 Å². The molecule has 206 valence electrons. The van der Waals surface area contributed by atoms with Crippen molar-refractivity contribution in [2.75, 3.05) is 6.61 Å². The van der Waals surface area contributed by atoms with Crippen molar-refractivity contribution >= 4 is 0 Å². The Bertz CT molecular complexity index is 1480. The van der Waals surface area contributed by atoms with Crippen LogP contribution in [0.2, 0.25) is 0 Å². The van der Waals surface area contributed by atoms with Crippen molar-refractivity contribution in [3.05, 3.63) is 94.8 Å². The standard InChI is InChI=1S/C25H21F6N5O3/c1-15(24(38,11-35-14-32-13-33-35)19-7-4-17(26)10-20(19)27)36-22(37)9-8-21(34-36)16-2-5-18(6-3-16)39-12-25(30,31)23(28)29/h2-10,13-15,23,38H,11-12H2,1H3/t15-,24-/m1/s1. The Labute approximate surface area is 217 Å². The highest BCUT2D eigenvalue weighted by atomic mass is 19.3. The van der Waals surface area contributed by atoms with Gasteiger partial charge in [-0.05, 0) is 43.3 Å². The van der Waals surface area contributed by atoms with Gasteiger partial charge in [0.05, 0.1) is 18.3 Å². The highest BCUT2D eigenvalue weighted by molar-refractivity contribution is 5.59. The maximum atomic E-state index is 14.9. The highest BCUT2D eigenvalue weighted by Gasteiger charge is 2.42. The van der Waals surface area contributed by atoms with Crippen LogP contribution >= 0.6 is 0 Å². The zero-order valence-electron chi connectivity index (χ0n) is 20.2. The molecule has 0 radical (unpaired) electrons. The van der Waals surface area contributed by atoms with Gasteiger partial charge in [0.1, 0.15) is 35.6 Å². The second-order valence-electron chi connectivity index (χ2n) is 8.69. The van der Waals surface area contributed by atoms with Crippen molar-refractivity contribution in [3.63, 3.8) is 0 Å². The summed E-state index contributed by atoms with van der Waals surface area (Å²) >= 11 is 0. The van der Waals surface area contributed by atoms with Crippen LogP contribution in [0.4, 0.5) is 26.3 Å². The summed E-state index contributed by atoms with van der Waals surface area (Å²) in [6.45, 7) is -0.475. The minimum atomic E-state index is -4.32. The molecule has 4 aromatic rings. The zero-order chi connectivity index (χ0) is 28.4. The van der Waals surface area contributed by atoms with Crippen LogP contribution in [0.3, 0.4) is 0 Å². The van der Waals surface area contributed by atoms with Crippen LogP contribution in [-0.4, -0.2) is 48.6 Å². The van der Waals surface area contributed by atoms with Crippen molar-refractivity contribution in [1.29, 1.82) is 0 Å². The summed E-state index contributed by atoms with van der Waals surface area (Å²) in [6, 6.07) is 9.23. The van der Waals surface area contributed by atoms with Crippen LogP contribution in [0.1, 0.15) is 18.5 Å². The third-order valence-electron chi connectivity index (χ3n) is 6.05. The Morgan fingerprint density at radius 3 is 2.38 bits per heavy atom. The summed E-state index contributed by atoms with van der Waals surface area (Å²) in [5, 5.41) is 20.0. The Morgan fingerprint density at radius 1 is 1.05 bits per heavy atom. The fourth-order valence-corrected chi connectivity index (χ4v) is 3.87. The van der Waals surface area contributed by atoms with Crippen LogP contribution in [-0.2, 0) is 12.1 Å². The maximum Gasteiger partial charge on any atom is 0.340 e. The zero-order valence-corrected chi connectivity index (χ0v) is 20.2. The number of aliphatic hydroxyl groups is 1. The third-order valence-corrected chi connectivity index (χ3v) is 6.05. The highest BCUT2D eigenvalue weighted by Crippen LogP contribution is 2.36. The second kappa shape index (κ2) is 10.9. The smallest absolute Gasteiger partial charge is 0.340 e. The summed E-state index contributed by atoms with van der Waals surface area (Å²) in [5.74, 6) is -6.34. The normalized spacial score (nSPS) is 14.3. The summed E-state index contributed by atoms with van der Waals surface area (Å²) in [6.07, 6.45) is -1.42. The molecule has 0 aliphatic rings. The predicted octanol–water partition coefficient (Wildman–Crippen LogP) is 4.21. The van der Waals surface area contributed by atoms with Gasteiger partial charge < -0.3 is 9.84 Å². The van der Waals surface area contributed by atoms with E-state index in [-0.39, 0.29) is 23.6 Å². The molecule has 2 aromatic carbocycles. The lowest BCUT2D eigenvalue weighted by Crippen LogP contribution is -2.44. The molecule has 2 heterocycles. The van der Waals surface area contributed by atoms with E-state index in [1.165, 1.54) is 54.6 Å². The minimum absolute atomic E-state index is 0.102. The second-order valence-corrected chi connectivity index (χ2v) is 8.69. The molecule has 2 aromatic heterocycles. The van der Waals surface area contributed by atoms with Gasteiger partial charge in [-0.1, -0.05) is 6.07 Å². The van der Waals surface area contributed by atoms with Crippen LogP contribution in [0, 0.1) is 11.6 Å². The van der Waals surface area contributed by atoms with E-state index in [0.717, 1.165) is 22.9 Å². The van der Waals surface area contributed by atoms with Gasteiger partial charge in [0.2, 0.25) is 0 Å². The van der Waals surface area contributed by atoms with E-state index >= 15 is 0 Å². The van der Waals surface area contributed by atoms with E-state index in [1.54, 1.807) is 0 Å². The number of aromatic nitrogens is 5. The van der Waals surface area contributed by atoms with E-state index in [0.29, 0.717) is 11.6 Å². The van der Waals surface area contributed by atoms with Gasteiger partial charge in [0, 0.05) is 23.3 Å². The molecule has 8 nitrogen and oxygen atoms in total. The number of ether oxygens (including phenoxy) is 1. The van der Waals surface area contributed by atoms with Crippen molar-refractivity contribution in [3.8, 4) is 17.0 Å². The summed E-state index contributed by atoms with van der Waals surface area (Å²) in [4.78, 5) is 16.6. The summed E-state index contributed by atoms with van der Waals surface area (Å²) in [7, 11) is 0. The Hall–Kier alpha value is -4.20. The first kappa shape index (κ1) is 27.8. The van der Waals surface area contributed by atoms with Crippen LogP contribution in [0.15, 0.2) is 72.0 Å². The summed E-state index contributed by atoms with van der Waals surface area (Å²) in [5.41, 5.74) is -2.53. The van der Waals surface area contributed by atoms with Crippen molar-refractivity contribution < 1.29 is 36.2 Å². The summed E-state index contributed by atoms with van der Waals surface area (Å²) < 4.78 is 86.3.